The second kappa shape index (κ2) is 3.70. The van der Waals surface area contributed by atoms with Crippen LogP contribution >= 0.6 is 0 Å². The van der Waals surface area contributed by atoms with Crippen molar-refractivity contribution in [3.05, 3.63) is 12.3 Å². The maximum Gasteiger partial charge on any atom is 0.0844 e. The van der Waals surface area contributed by atoms with Crippen molar-refractivity contribution in [2.75, 3.05) is 7.05 Å². The summed E-state index contributed by atoms with van der Waals surface area (Å²) in [7, 11) is 1.95. The first-order valence-corrected chi connectivity index (χ1v) is 5.30. The Hall–Kier alpha value is -0.500. The molecule has 13 heavy (non-hydrogen) atoms. The number of hydrogen-bond donors (Lipinski definition) is 1. The fraction of sp³-hybridized carbons (Fsp3) is 0.818. The molecule has 74 valence electrons. The Kier molecular flexibility index (Phi) is 2.58. The second-order valence-corrected chi connectivity index (χ2v) is 4.28. The molecule has 0 amide bonds. The molecule has 3 atom stereocenters. The van der Waals surface area contributed by atoms with Gasteiger partial charge in [0.1, 0.15) is 0 Å². The van der Waals surface area contributed by atoms with Gasteiger partial charge in [-0.15, -0.1) is 0 Å². The number of epoxide rings is 1. The summed E-state index contributed by atoms with van der Waals surface area (Å²) in [5, 5.41) is 3.10. The van der Waals surface area contributed by atoms with Crippen molar-refractivity contribution in [2.45, 2.75) is 44.3 Å². The van der Waals surface area contributed by atoms with Gasteiger partial charge in [0, 0.05) is 12.7 Å². The van der Waals surface area contributed by atoms with Crippen molar-refractivity contribution >= 4 is 0 Å². The minimum Gasteiger partial charge on any atom is -0.392 e. The van der Waals surface area contributed by atoms with Gasteiger partial charge in [-0.25, -0.2) is 0 Å². The molecule has 0 aromatic heterocycles. The fourth-order valence-corrected chi connectivity index (χ4v) is 2.25. The molecule has 2 aliphatic rings. The van der Waals surface area contributed by atoms with E-state index in [-0.39, 0.29) is 0 Å². The largest absolute Gasteiger partial charge is 0.392 e. The lowest BCUT2D eigenvalue weighted by Gasteiger charge is -2.18. The molecule has 0 radical (unpaired) electrons. The van der Waals surface area contributed by atoms with Crippen molar-refractivity contribution in [1.29, 1.82) is 0 Å². The Morgan fingerprint density at radius 1 is 1.46 bits per heavy atom. The molecular formula is C11H19NO. The van der Waals surface area contributed by atoms with Gasteiger partial charge < -0.3 is 10.1 Å². The number of rotatable bonds is 4. The van der Waals surface area contributed by atoms with Gasteiger partial charge in [0.05, 0.1) is 12.2 Å². The van der Waals surface area contributed by atoms with Crippen LogP contribution in [-0.2, 0) is 4.74 Å². The van der Waals surface area contributed by atoms with Crippen LogP contribution in [-0.4, -0.2) is 19.3 Å². The minimum atomic E-state index is 0.626. The van der Waals surface area contributed by atoms with Crippen LogP contribution in [0.1, 0.15) is 32.1 Å². The summed E-state index contributed by atoms with van der Waals surface area (Å²) in [6.07, 6.45) is 7.62. The van der Waals surface area contributed by atoms with E-state index in [0.717, 1.165) is 12.3 Å². The van der Waals surface area contributed by atoms with Gasteiger partial charge in [0.25, 0.3) is 0 Å². The monoisotopic (exact) mass is 181 g/mol. The van der Waals surface area contributed by atoms with E-state index in [2.05, 4.69) is 11.9 Å². The molecule has 0 aromatic rings. The van der Waals surface area contributed by atoms with Gasteiger partial charge in [-0.05, 0) is 38.0 Å². The summed E-state index contributed by atoms with van der Waals surface area (Å²) in [5.41, 5.74) is 1.17. The van der Waals surface area contributed by atoms with Crippen molar-refractivity contribution in [3.8, 4) is 0 Å². The Morgan fingerprint density at radius 3 is 3.00 bits per heavy atom. The van der Waals surface area contributed by atoms with Crippen LogP contribution in [0.25, 0.3) is 0 Å². The van der Waals surface area contributed by atoms with E-state index < -0.39 is 0 Å². The highest BCUT2D eigenvalue weighted by Crippen LogP contribution is 2.41. The zero-order chi connectivity index (χ0) is 9.26. The van der Waals surface area contributed by atoms with Gasteiger partial charge in [0.15, 0.2) is 0 Å². The van der Waals surface area contributed by atoms with E-state index in [0.29, 0.717) is 12.2 Å². The molecular weight excluding hydrogens is 162 g/mol. The van der Waals surface area contributed by atoms with Crippen molar-refractivity contribution in [2.24, 2.45) is 5.92 Å². The molecule has 1 aliphatic carbocycles. The summed E-state index contributed by atoms with van der Waals surface area (Å²) in [4.78, 5) is 0. The highest BCUT2D eigenvalue weighted by molar-refractivity contribution is 4.94. The van der Waals surface area contributed by atoms with Gasteiger partial charge in [-0.1, -0.05) is 6.58 Å². The van der Waals surface area contributed by atoms with E-state index in [9.17, 15) is 0 Å². The van der Waals surface area contributed by atoms with Crippen LogP contribution in [0, 0.1) is 5.92 Å². The molecule has 2 fully saturated rings. The zero-order valence-electron chi connectivity index (χ0n) is 8.38. The average molecular weight is 181 g/mol. The molecule has 2 heteroatoms. The molecule has 1 aliphatic heterocycles. The van der Waals surface area contributed by atoms with Crippen LogP contribution < -0.4 is 5.32 Å². The number of fused-ring (bicyclic) bond motifs is 1. The fourth-order valence-electron chi connectivity index (χ4n) is 2.25. The summed E-state index contributed by atoms with van der Waals surface area (Å²) < 4.78 is 5.50. The van der Waals surface area contributed by atoms with Crippen LogP contribution in [0.15, 0.2) is 12.3 Å². The van der Waals surface area contributed by atoms with Gasteiger partial charge in [-0.2, -0.15) is 0 Å². The minimum absolute atomic E-state index is 0.626. The van der Waals surface area contributed by atoms with E-state index in [1.54, 1.807) is 0 Å². The molecule has 1 saturated carbocycles. The molecule has 2 rings (SSSR count). The normalized spacial score (nSPS) is 36.5. The molecule has 1 saturated heterocycles. The Bertz CT molecular complexity index is 202. The quantitative estimate of drug-likeness (QED) is 0.671. The van der Waals surface area contributed by atoms with Gasteiger partial charge in [0.2, 0.25) is 0 Å². The Morgan fingerprint density at radius 2 is 2.31 bits per heavy atom. The predicted molar refractivity (Wildman–Crippen MR) is 53.4 cm³/mol. The lowest BCUT2D eigenvalue weighted by molar-refractivity contribution is 0.350. The second-order valence-electron chi connectivity index (χ2n) is 4.28. The van der Waals surface area contributed by atoms with Crippen molar-refractivity contribution in [1.82, 2.24) is 5.32 Å². The first-order valence-electron chi connectivity index (χ1n) is 5.30. The predicted octanol–water partition coefficient (Wildman–Crippen LogP) is 2.07. The summed E-state index contributed by atoms with van der Waals surface area (Å²) in [6, 6.07) is 0. The van der Waals surface area contributed by atoms with Crippen LogP contribution in [0.4, 0.5) is 0 Å². The molecule has 2 nitrogen and oxygen atoms in total. The molecule has 1 heterocycles. The van der Waals surface area contributed by atoms with Crippen molar-refractivity contribution < 1.29 is 4.74 Å². The SMILES string of the molecule is C=C(CCC1CCC2OC2C1)NC. The number of hydrogen-bond acceptors (Lipinski definition) is 2. The Balaban J connectivity index is 1.66. The topological polar surface area (TPSA) is 24.6 Å². The van der Waals surface area contributed by atoms with Gasteiger partial charge >= 0.3 is 0 Å². The number of nitrogens with one attached hydrogen (secondary N) is 1. The van der Waals surface area contributed by atoms with E-state index >= 15 is 0 Å². The lowest BCUT2D eigenvalue weighted by atomic mass is 9.86. The first kappa shape index (κ1) is 9.07. The van der Waals surface area contributed by atoms with Crippen LogP contribution in [0.5, 0.6) is 0 Å². The molecule has 0 bridgehead atoms. The zero-order valence-corrected chi connectivity index (χ0v) is 8.38. The van der Waals surface area contributed by atoms with Gasteiger partial charge in [-0.3, -0.25) is 0 Å². The maximum absolute atomic E-state index is 5.50. The van der Waals surface area contributed by atoms with E-state index in [4.69, 9.17) is 4.74 Å². The standard InChI is InChI=1S/C11H19NO/c1-8(12-2)3-4-9-5-6-10-11(7-9)13-10/h9-12H,1,3-7H2,2H3. The molecule has 0 aromatic carbocycles. The summed E-state index contributed by atoms with van der Waals surface area (Å²) in [6.45, 7) is 3.94. The summed E-state index contributed by atoms with van der Waals surface area (Å²) >= 11 is 0. The Labute approximate surface area is 80.4 Å². The highest BCUT2D eigenvalue weighted by atomic mass is 16.6. The van der Waals surface area contributed by atoms with Crippen molar-refractivity contribution in [3.63, 3.8) is 0 Å². The number of ether oxygens (including phenoxy) is 1. The van der Waals surface area contributed by atoms with Crippen LogP contribution in [0.2, 0.25) is 0 Å². The lowest BCUT2D eigenvalue weighted by Crippen LogP contribution is -2.14. The molecule has 1 N–H and O–H groups in total. The third kappa shape index (κ3) is 2.25. The third-order valence-electron chi connectivity index (χ3n) is 3.32. The van der Waals surface area contributed by atoms with E-state index in [1.807, 2.05) is 7.05 Å². The highest BCUT2D eigenvalue weighted by Gasteiger charge is 2.43. The number of allylic oxidation sites excluding steroid dienone is 1. The molecule has 3 unspecified atom stereocenters. The van der Waals surface area contributed by atoms with Crippen LogP contribution in [0.3, 0.4) is 0 Å². The smallest absolute Gasteiger partial charge is 0.0844 e. The summed E-state index contributed by atoms with van der Waals surface area (Å²) in [5.74, 6) is 0.883. The average Bonchev–Trinajstić information content (AvgIpc) is 2.91. The first-order chi connectivity index (χ1) is 6.29. The molecule has 0 spiro atoms. The third-order valence-corrected chi connectivity index (χ3v) is 3.32. The van der Waals surface area contributed by atoms with E-state index in [1.165, 1.54) is 31.4 Å². The maximum atomic E-state index is 5.50.